The van der Waals surface area contributed by atoms with Crippen molar-refractivity contribution in [3.05, 3.63) is 29.5 Å². The fourth-order valence-corrected chi connectivity index (χ4v) is 2.69. The number of methoxy groups -OCH3 is 1. The second kappa shape index (κ2) is 5.60. The lowest BCUT2D eigenvalue weighted by atomic mass is 10.1. The Morgan fingerprint density at radius 1 is 1.33 bits per heavy atom. The molecule has 2 aliphatic rings. The minimum absolute atomic E-state index is 0.0288. The third-order valence-electron chi connectivity index (χ3n) is 3.81. The zero-order valence-electron chi connectivity index (χ0n) is 12.0. The lowest BCUT2D eigenvalue weighted by molar-refractivity contribution is -0.122. The van der Waals surface area contributed by atoms with E-state index in [4.69, 9.17) is 4.74 Å². The van der Waals surface area contributed by atoms with Gasteiger partial charge in [-0.15, -0.1) is 0 Å². The van der Waals surface area contributed by atoms with Gasteiger partial charge < -0.3 is 9.84 Å². The van der Waals surface area contributed by atoms with E-state index in [2.05, 4.69) is 4.99 Å². The molecule has 3 rings (SSSR count). The molecule has 21 heavy (non-hydrogen) atoms. The number of phenols is 1. The largest absolute Gasteiger partial charge is 0.504 e. The number of ether oxygens (including phenoxy) is 1. The van der Waals surface area contributed by atoms with Crippen molar-refractivity contribution in [2.75, 3.05) is 13.7 Å². The number of benzene rings is 1. The van der Waals surface area contributed by atoms with E-state index in [0.29, 0.717) is 11.4 Å². The summed E-state index contributed by atoms with van der Waals surface area (Å²) in [7, 11) is 1.50. The number of rotatable bonds is 2. The van der Waals surface area contributed by atoms with Crippen LogP contribution in [0.2, 0.25) is 0 Å². The number of amides is 1. The Balaban J connectivity index is 1.91. The Labute approximate surface area is 123 Å². The third-order valence-corrected chi connectivity index (χ3v) is 3.81. The van der Waals surface area contributed by atoms with E-state index in [1.54, 1.807) is 29.2 Å². The van der Waals surface area contributed by atoms with Gasteiger partial charge in [0.1, 0.15) is 11.5 Å². The highest BCUT2D eigenvalue weighted by molar-refractivity contribution is 6.14. The molecule has 2 heterocycles. The summed E-state index contributed by atoms with van der Waals surface area (Å²) in [6.45, 7) is 0.758. The molecule has 0 spiro atoms. The Hall–Kier alpha value is -2.30. The molecule has 1 aromatic carbocycles. The maximum Gasteiger partial charge on any atom is 0.277 e. The molecule has 0 unspecified atom stereocenters. The van der Waals surface area contributed by atoms with Crippen LogP contribution < -0.4 is 4.74 Å². The molecule has 0 saturated carbocycles. The van der Waals surface area contributed by atoms with Gasteiger partial charge >= 0.3 is 0 Å². The number of hydrogen-bond acceptors (Lipinski definition) is 4. The topological polar surface area (TPSA) is 62.1 Å². The van der Waals surface area contributed by atoms with Crippen LogP contribution in [0, 0.1) is 0 Å². The molecular formula is C16H18N2O3. The van der Waals surface area contributed by atoms with Crippen molar-refractivity contribution in [1.82, 2.24) is 4.90 Å². The van der Waals surface area contributed by atoms with Crippen LogP contribution in [0.5, 0.6) is 11.5 Å². The van der Waals surface area contributed by atoms with Crippen LogP contribution in [0.4, 0.5) is 0 Å². The summed E-state index contributed by atoms with van der Waals surface area (Å²) in [5.41, 5.74) is 1.25. The number of amidine groups is 1. The lowest BCUT2D eigenvalue weighted by Crippen LogP contribution is -2.31. The van der Waals surface area contributed by atoms with Gasteiger partial charge in [0.15, 0.2) is 11.5 Å². The Kier molecular flexibility index (Phi) is 3.64. The van der Waals surface area contributed by atoms with Gasteiger partial charge in [0.25, 0.3) is 5.91 Å². The first-order valence-corrected chi connectivity index (χ1v) is 7.17. The average Bonchev–Trinajstić information content (AvgIpc) is 2.67. The molecule has 5 heteroatoms. The lowest BCUT2D eigenvalue weighted by Gasteiger charge is -2.14. The predicted molar refractivity (Wildman–Crippen MR) is 80.3 cm³/mol. The van der Waals surface area contributed by atoms with Crippen LogP contribution in [0.25, 0.3) is 6.08 Å². The van der Waals surface area contributed by atoms with E-state index < -0.39 is 0 Å². The van der Waals surface area contributed by atoms with Gasteiger partial charge in [-0.2, -0.15) is 0 Å². The highest BCUT2D eigenvalue weighted by Gasteiger charge is 2.30. The van der Waals surface area contributed by atoms with Gasteiger partial charge in [-0.05, 0) is 36.6 Å². The molecule has 1 fully saturated rings. The summed E-state index contributed by atoms with van der Waals surface area (Å²) < 4.78 is 5.08. The molecule has 0 aliphatic carbocycles. The van der Waals surface area contributed by atoms with E-state index in [0.717, 1.165) is 43.6 Å². The normalized spacial score (nSPS) is 20.2. The fraction of sp³-hybridized carbons (Fsp3) is 0.375. The van der Waals surface area contributed by atoms with Gasteiger partial charge in [-0.25, -0.2) is 4.99 Å². The van der Waals surface area contributed by atoms with Gasteiger partial charge in [0, 0.05) is 13.0 Å². The first-order valence-electron chi connectivity index (χ1n) is 7.17. The minimum atomic E-state index is -0.0288. The molecule has 1 N–H and O–H groups in total. The van der Waals surface area contributed by atoms with Crippen molar-refractivity contribution in [2.24, 2.45) is 4.99 Å². The summed E-state index contributed by atoms with van der Waals surface area (Å²) >= 11 is 0. The average molecular weight is 286 g/mol. The van der Waals surface area contributed by atoms with Crippen molar-refractivity contribution in [3.8, 4) is 11.5 Å². The number of aromatic hydroxyl groups is 1. The molecule has 1 amide bonds. The smallest absolute Gasteiger partial charge is 0.277 e. The zero-order valence-corrected chi connectivity index (χ0v) is 12.0. The molecular weight excluding hydrogens is 268 g/mol. The van der Waals surface area contributed by atoms with Crippen molar-refractivity contribution in [2.45, 2.75) is 25.7 Å². The van der Waals surface area contributed by atoms with E-state index in [-0.39, 0.29) is 11.7 Å². The quantitative estimate of drug-likeness (QED) is 0.850. The van der Waals surface area contributed by atoms with E-state index >= 15 is 0 Å². The van der Waals surface area contributed by atoms with E-state index in [1.165, 1.54) is 7.11 Å². The number of nitrogens with zero attached hydrogens (tertiary/aromatic N) is 2. The maximum absolute atomic E-state index is 12.4. The highest BCUT2D eigenvalue weighted by Crippen LogP contribution is 2.29. The summed E-state index contributed by atoms with van der Waals surface area (Å²) in [4.78, 5) is 18.6. The van der Waals surface area contributed by atoms with Crippen molar-refractivity contribution < 1.29 is 14.6 Å². The Morgan fingerprint density at radius 3 is 3.00 bits per heavy atom. The molecule has 5 nitrogen and oxygen atoms in total. The van der Waals surface area contributed by atoms with Crippen molar-refractivity contribution in [3.63, 3.8) is 0 Å². The second-order valence-corrected chi connectivity index (χ2v) is 5.26. The molecule has 110 valence electrons. The fourth-order valence-electron chi connectivity index (χ4n) is 2.69. The molecule has 0 atom stereocenters. The zero-order chi connectivity index (χ0) is 14.8. The summed E-state index contributed by atoms with van der Waals surface area (Å²) in [5.74, 6) is 1.32. The van der Waals surface area contributed by atoms with Crippen LogP contribution in [0.3, 0.4) is 0 Å². The van der Waals surface area contributed by atoms with Gasteiger partial charge in [0.2, 0.25) is 0 Å². The number of hydrogen-bond donors (Lipinski definition) is 1. The van der Waals surface area contributed by atoms with Crippen LogP contribution >= 0.6 is 0 Å². The van der Waals surface area contributed by atoms with Gasteiger partial charge in [-0.1, -0.05) is 12.5 Å². The molecule has 1 saturated heterocycles. The maximum atomic E-state index is 12.4. The first-order chi connectivity index (χ1) is 10.2. The summed E-state index contributed by atoms with van der Waals surface area (Å²) in [6.07, 6.45) is 5.87. The van der Waals surface area contributed by atoms with Crippen LogP contribution in [-0.2, 0) is 4.79 Å². The Morgan fingerprint density at radius 2 is 2.19 bits per heavy atom. The van der Waals surface area contributed by atoms with Crippen molar-refractivity contribution >= 4 is 17.8 Å². The summed E-state index contributed by atoms with van der Waals surface area (Å²) in [6, 6.07) is 4.98. The SMILES string of the molecule is COc1cc(/C=C2/N=C3CCCCCN3C2=O)ccc1O. The van der Waals surface area contributed by atoms with Gasteiger partial charge in [-0.3, -0.25) is 9.69 Å². The van der Waals surface area contributed by atoms with Crippen LogP contribution in [0.1, 0.15) is 31.2 Å². The highest BCUT2D eigenvalue weighted by atomic mass is 16.5. The first kappa shape index (κ1) is 13.7. The van der Waals surface area contributed by atoms with E-state index in [1.807, 2.05) is 0 Å². The third kappa shape index (κ3) is 2.63. The second-order valence-electron chi connectivity index (χ2n) is 5.26. The predicted octanol–water partition coefficient (Wildman–Crippen LogP) is 2.56. The van der Waals surface area contributed by atoms with E-state index in [9.17, 15) is 9.90 Å². The minimum Gasteiger partial charge on any atom is -0.504 e. The van der Waals surface area contributed by atoms with Crippen molar-refractivity contribution in [1.29, 1.82) is 0 Å². The molecule has 1 aromatic rings. The summed E-state index contributed by atoms with van der Waals surface area (Å²) in [5, 5.41) is 9.60. The van der Waals surface area contributed by atoms with Crippen LogP contribution in [-0.4, -0.2) is 35.4 Å². The number of aliphatic imine (C=N–C) groups is 1. The number of carbonyl (C=O) groups is 1. The van der Waals surface area contributed by atoms with Gasteiger partial charge in [0.05, 0.1) is 7.11 Å². The number of phenolic OH excluding ortho intramolecular Hbond substituents is 1. The molecule has 0 radical (unpaired) electrons. The standard InChI is InChI=1S/C16H18N2O3/c1-21-14-10-11(6-7-13(14)19)9-12-16(20)18-8-4-2-3-5-15(18)17-12/h6-7,9-10,19H,2-5,8H2,1H3/b12-9+. The Bertz CT molecular complexity index is 634. The molecule has 2 aliphatic heterocycles. The number of fused-ring (bicyclic) bond motifs is 1. The molecule has 0 bridgehead atoms. The molecule has 0 aromatic heterocycles. The number of carbonyl (C=O) groups excluding carboxylic acids is 1. The van der Waals surface area contributed by atoms with Crippen LogP contribution in [0.15, 0.2) is 28.9 Å². The monoisotopic (exact) mass is 286 g/mol.